The lowest BCUT2D eigenvalue weighted by molar-refractivity contribution is -0.113. The number of ketones is 1. The van der Waals surface area contributed by atoms with Crippen molar-refractivity contribution in [1.29, 1.82) is 0 Å². The van der Waals surface area contributed by atoms with Crippen molar-refractivity contribution in [3.63, 3.8) is 0 Å². The molecule has 1 aliphatic heterocycles. The lowest BCUT2D eigenvalue weighted by Gasteiger charge is -2.27. The molecule has 0 saturated heterocycles. The van der Waals surface area contributed by atoms with E-state index in [4.69, 9.17) is 0 Å². The molecule has 0 amide bonds. The fourth-order valence-corrected chi connectivity index (χ4v) is 1.78. The molecule has 0 atom stereocenters. The van der Waals surface area contributed by atoms with Crippen LogP contribution in [-0.2, 0) is 4.79 Å². The number of fused-ring (bicyclic) bond motifs is 1. The highest BCUT2D eigenvalue weighted by Crippen LogP contribution is 2.19. The van der Waals surface area contributed by atoms with E-state index in [1.807, 2.05) is 31.4 Å². The highest BCUT2D eigenvalue weighted by atomic mass is 16.1. The van der Waals surface area contributed by atoms with Crippen molar-refractivity contribution in [1.82, 2.24) is 4.90 Å². The molecule has 0 aromatic carbocycles. The van der Waals surface area contributed by atoms with Crippen LogP contribution in [0.15, 0.2) is 40.6 Å². The Morgan fingerprint density at radius 2 is 2.13 bits per heavy atom. The summed E-state index contributed by atoms with van der Waals surface area (Å²) in [5.41, 5.74) is 2.58. The minimum Gasteiger partial charge on any atom is -0.371 e. The van der Waals surface area contributed by atoms with Crippen LogP contribution in [0.5, 0.6) is 0 Å². The van der Waals surface area contributed by atoms with Crippen LogP contribution >= 0.6 is 0 Å². The summed E-state index contributed by atoms with van der Waals surface area (Å²) in [6.07, 6.45) is 7.68. The number of likely N-dealkylation sites (N-methyl/N-ethyl adjacent to an activating group) is 1. The van der Waals surface area contributed by atoms with Crippen molar-refractivity contribution in [3.05, 3.63) is 35.6 Å². The first-order valence-corrected chi connectivity index (χ1v) is 5.06. The minimum absolute atomic E-state index is 0.0708. The smallest absolute Gasteiger partial charge is 0.162 e. The van der Waals surface area contributed by atoms with Gasteiger partial charge in [-0.05, 0) is 19.1 Å². The van der Waals surface area contributed by atoms with Gasteiger partial charge in [0.1, 0.15) is 0 Å². The van der Waals surface area contributed by atoms with Gasteiger partial charge in [0.15, 0.2) is 5.78 Å². The van der Waals surface area contributed by atoms with Gasteiger partial charge in [0.05, 0.1) is 18.0 Å². The topological polar surface area (TPSA) is 32.7 Å². The molecule has 0 N–H and O–H groups in total. The van der Waals surface area contributed by atoms with Gasteiger partial charge < -0.3 is 4.90 Å². The molecule has 3 nitrogen and oxygen atoms in total. The van der Waals surface area contributed by atoms with E-state index in [-0.39, 0.29) is 5.78 Å². The Labute approximate surface area is 89.5 Å². The van der Waals surface area contributed by atoms with Gasteiger partial charge >= 0.3 is 0 Å². The zero-order valence-corrected chi connectivity index (χ0v) is 9.03. The summed E-state index contributed by atoms with van der Waals surface area (Å²) in [6.45, 7) is 3.25. The Morgan fingerprint density at radius 1 is 1.40 bits per heavy atom. The first-order valence-electron chi connectivity index (χ1n) is 5.06. The summed E-state index contributed by atoms with van der Waals surface area (Å²) in [5, 5.41) is 0. The standard InChI is InChI=1S/C12H14N2O/c1-9(15)10-5-3-4-6-11-12(10)13-7-8-14(11)2/h3-6H,7-8H2,1-2H3. The molecule has 15 heavy (non-hydrogen) atoms. The molecule has 78 valence electrons. The van der Waals surface area contributed by atoms with E-state index in [2.05, 4.69) is 9.89 Å². The largest absolute Gasteiger partial charge is 0.371 e. The molecule has 0 bridgehead atoms. The van der Waals surface area contributed by atoms with Crippen LogP contribution in [0.3, 0.4) is 0 Å². The van der Waals surface area contributed by atoms with Crippen LogP contribution in [0, 0.1) is 0 Å². The summed E-state index contributed by atoms with van der Waals surface area (Å²) < 4.78 is 0. The zero-order chi connectivity index (χ0) is 10.8. The highest BCUT2D eigenvalue weighted by Gasteiger charge is 2.22. The molecule has 0 aromatic rings. The van der Waals surface area contributed by atoms with Crippen molar-refractivity contribution < 1.29 is 4.79 Å². The molecule has 1 heterocycles. The fraction of sp³-hybridized carbons (Fsp3) is 0.333. The Morgan fingerprint density at radius 3 is 2.87 bits per heavy atom. The summed E-state index contributed by atoms with van der Waals surface area (Å²) in [7, 11) is 2.03. The van der Waals surface area contributed by atoms with Crippen LogP contribution in [-0.4, -0.2) is 36.5 Å². The third kappa shape index (κ3) is 1.77. The van der Waals surface area contributed by atoms with Crippen LogP contribution < -0.4 is 0 Å². The number of hydrogen-bond acceptors (Lipinski definition) is 3. The van der Waals surface area contributed by atoms with E-state index in [0.29, 0.717) is 5.57 Å². The van der Waals surface area contributed by atoms with Crippen LogP contribution in [0.1, 0.15) is 6.92 Å². The number of carbonyl (C=O) groups excluding carboxylic acids is 1. The van der Waals surface area contributed by atoms with Crippen molar-refractivity contribution in [2.75, 3.05) is 20.1 Å². The molecular formula is C12H14N2O. The number of nitrogens with zero attached hydrogens (tertiary/aromatic N) is 2. The van der Waals surface area contributed by atoms with Crippen LogP contribution in [0.4, 0.5) is 0 Å². The number of allylic oxidation sites excluding steroid dienone is 5. The summed E-state index contributed by atoms with van der Waals surface area (Å²) in [5.74, 6) is 0.0708. The van der Waals surface area contributed by atoms with Gasteiger partial charge in [-0.1, -0.05) is 12.2 Å². The van der Waals surface area contributed by atoms with E-state index in [1.54, 1.807) is 6.92 Å². The van der Waals surface area contributed by atoms with Crippen LogP contribution in [0.2, 0.25) is 0 Å². The third-order valence-electron chi connectivity index (χ3n) is 2.62. The lowest BCUT2D eigenvalue weighted by Crippen LogP contribution is -2.32. The second kappa shape index (κ2) is 3.85. The van der Waals surface area contributed by atoms with Gasteiger partial charge in [-0.15, -0.1) is 0 Å². The van der Waals surface area contributed by atoms with E-state index in [9.17, 15) is 4.79 Å². The van der Waals surface area contributed by atoms with Gasteiger partial charge in [0.25, 0.3) is 0 Å². The van der Waals surface area contributed by atoms with Crippen molar-refractivity contribution >= 4 is 11.5 Å². The second-order valence-electron chi connectivity index (χ2n) is 3.73. The molecule has 0 saturated carbocycles. The average molecular weight is 202 g/mol. The number of rotatable bonds is 1. The van der Waals surface area contributed by atoms with E-state index < -0.39 is 0 Å². The normalized spacial score (nSPS) is 19.9. The first-order chi connectivity index (χ1) is 7.20. The first kappa shape index (κ1) is 9.90. The third-order valence-corrected chi connectivity index (χ3v) is 2.62. The van der Waals surface area contributed by atoms with Gasteiger partial charge in [0, 0.05) is 19.2 Å². The Hall–Kier alpha value is -1.64. The maximum atomic E-state index is 11.5. The van der Waals surface area contributed by atoms with Crippen molar-refractivity contribution in [2.24, 2.45) is 4.99 Å². The second-order valence-corrected chi connectivity index (χ2v) is 3.73. The summed E-state index contributed by atoms with van der Waals surface area (Å²) >= 11 is 0. The zero-order valence-electron chi connectivity index (χ0n) is 9.03. The predicted molar refractivity (Wildman–Crippen MR) is 60.9 cm³/mol. The molecule has 3 heteroatoms. The van der Waals surface area contributed by atoms with Gasteiger partial charge in [-0.25, -0.2) is 0 Å². The van der Waals surface area contributed by atoms with Crippen LogP contribution in [0.25, 0.3) is 0 Å². The van der Waals surface area contributed by atoms with Gasteiger partial charge in [-0.2, -0.15) is 0 Å². The number of Topliss-reactive ketones (excluding diaryl/α,β-unsaturated/α-hetero) is 1. The molecular weight excluding hydrogens is 188 g/mol. The quantitative estimate of drug-likeness (QED) is 0.643. The molecule has 0 aromatic heterocycles. The Bertz CT molecular complexity index is 413. The van der Waals surface area contributed by atoms with Crippen molar-refractivity contribution in [3.8, 4) is 0 Å². The molecule has 1 aliphatic carbocycles. The fourth-order valence-electron chi connectivity index (χ4n) is 1.78. The molecule has 2 aliphatic rings. The highest BCUT2D eigenvalue weighted by molar-refractivity contribution is 6.28. The SMILES string of the molecule is CC(=O)C1=CC=CC=C2C1=NCCN2C. The molecule has 0 unspecified atom stereocenters. The monoisotopic (exact) mass is 202 g/mol. The molecule has 0 fully saturated rings. The minimum atomic E-state index is 0.0708. The van der Waals surface area contributed by atoms with Crippen molar-refractivity contribution in [2.45, 2.75) is 6.92 Å². The Kier molecular flexibility index (Phi) is 2.54. The van der Waals surface area contributed by atoms with E-state index in [1.165, 1.54) is 0 Å². The Balaban J connectivity index is 2.49. The summed E-state index contributed by atoms with van der Waals surface area (Å²) in [4.78, 5) is 18.1. The van der Waals surface area contributed by atoms with E-state index in [0.717, 1.165) is 24.5 Å². The molecule has 0 spiro atoms. The molecule has 2 rings (SSSR count). The van der Waals surface area contributed by atoms with E-state index >= 15 is 0 Å². The number of hydrogen-bond donors (Lipinski definition) is 0. The lowest BCUT2D eigenvalue weighted by atomic mass is 10.0. The number of carbonyl (C=O) groups is 1. The van der Waals surface area contributed by atoms with Gasteiger partial charge in [-0.3, -0.25) is 9.79 Å². The summed E-state index contributed by atoms with van der Waals surface area (Å²) in [6, 6.07) is 0. The molecule has 0 radical (unpaired) electrons. The number of aliphatic imine (C=N–C) groups is 1. The van der Waals surface area contributed by atoms with Gasteiger partial charge in [0.2, 0.25) is 0 Å². The maximum absolute atomic E-state index is 11.5. The maximum Gasteiger partial charge on any atom is 0.162 e. The average Bonchev–Trinajstić information content (AvgIpc) is 2.40. The predicted octanol–water partition coefficient (Wildman–Crippen LogP) is 1.34.